The molecule has 0 N–H and O–H groups in total. The minimum atomic E-state index is 0.162. The van der Waals surface area contributed by atoms with E-state index in [1.807, 2.05) is 0 Å². The molecule has 2 unspecified atom stereocenters. The van der Waals surface area contributed by atoms with E-state index in [1.54, 1.807) is 0 Å². The molecule has 0 aromatic heterocycles. The van der Waals surface area contributed by atoms with Crippen LogP contribution in [0.15, 0.2) is 0 Å². The average Bonchev–Trinajstić information content (AvgIpc) is 2.34. The summed E-state index contributed by atoms with van der Waals surface area (Å²) in [5.41, 5.74) is 0. The van der Waals surface area contributed by atoms with Crippen LogP contribution in [0.2, 0.25) is 4.05 Å². The van der Waals surface area contributed by atoms with Crippen molar-refractivity contribution in [3.8, 4) is 0 Å². The van der Waals surface area contributed by atoms with Crippen molar-refractivity contribution in [1.29, 1.82) is 0 Å². The summed E-state index contributed by atoms with van der Waals surface area (Å²) in [4.78, 5) is 0. The fourth-order valence-electron chi connectivity index (χ4n) is 1.69. The van der Waals surface area contributed by atoms with Crippen molar-refractivity contribution in [1.82, 2.24) is 0 Å². The van der Waals surface area contributed by atoms with Crippen LogP contribution in [0.3, 0.4) is 0 Å². The van der Waals surface area contributed by atoms with Crippen LogP contribution >= 0.6 is 12.9 Å². The van der Waals surface area contributed by atoms with Crippen LogP contribution in [0, 0.1) is 5.92 Å². The molecule has 2 atom stereocenters. The fraction of sp³-hybridized carbons (Fsp3) is 1.00. The molecule has 2 heteroatoms. The van der Waals surface area contributed by atoms with E-state index in [0.717, 1.165) is 9.97 Å². The molecule has 0 spiro atoms. The monoisotopic (exact) mass is 200 g/mol. The first kappa shape index (κ1) is 8.34. The quantitative estimate of drug-likeness (QED) is 0.603. The molecule has 0 aliphatic heterocycles. The van der Waals surface area contributed by atoms with Gasteiger partial charge in [0.2, 0.25) is 0 Å². The summed E-state index contributed by atoms with van der Waals surface area (Å²) in [6.07, 6.45) is 5.99. The summed E-state index contributed by atoms with van der Waals surface area (Å²) in [7, 11) is 0. The summed E-state index contributed by atoms with van der Waals surface area (Å²) < 4.78 is 1.13. The predicted octanol–water partition coefficient (Wildman–Crippen LogP) is 3.00. The third-order valence-electron chi connectivity index (χ3n) is 2.45. The summed E-state index contributed by atoms with van der Waals surface area (Å²) >= 11 is 3.83. The normalized spacial score (nSPS) is 34.4. The predicted molar refractivity (Wildman–Crippen MR) is 46.1 cm³/mol. The van der Waals surface area contributed by atoms with Crippen LogP contribution in [0.25, 0.3) is 0 Å². The first-order valence-corrected chi connectivity index (χ1v) is 8.64. The zero-order valence-corrected chi connectivity index (χ0v) is 9.07. The molecule has 1 aliphatic rings. The van der Waals surface area contributed by atoms with Gasteiger partial charge in [-0.15, -0.1) is 4.05 Å². The molecule has 1 saturated carbocycles. The van der Waals surface area contributed by atoms with E-state index in [2.05, 4.69) is 19.8 Å². The van der Waals surface area contributed by atoms with E-state index >= 15 is 0 Å². The molecule has 9 heavy (non-hydrogen) atoms. The highest BCUT2D eigenvalue weighted by Gasteiger charge is 2.22. The van der Waals surface area contributed by atoms with Gasteiger partial charge in [-0.25, -0.2) is 0 Å². The Labute approximate surface area is 73.4 Å². The molecule has 1 fully saturated rings. The summed E-state index contributed by atoms with van der Waals surface area (Å²) in [6, 6.07) is 0. The maximum Gasteiger partial charge on any atom is 0.471 e. The topological polar surface area (TPSA) is 0 Å². The molecule has 0 aromatic carbocycles. The van der Waals surface area contributed by atoms with E-state index in [-0.39, 0.29) is 18.2 Å². The summed E-state index contributed by atoms with van der Waals surface area (Å²) in [5.74, 6) is 1.08. The number of hydrogen-bond donors (Lipinski definition) is 0. The molecule has 0 saturated heterocycles. The van der Waals surface area contributed by atoms with Gasteiger partial charge in [0.1, 0.15) is 0 Å². The Balaban J connectivity index is 2.20. The number of hydrogen-bond acceptors (Lipinski definition) is 0. The van der Waals surface area contributed by atoms with Crippen LogP contribution in [-0.4, -0.2) is 18.2 Å². The molecule has 1 rings (SSSR count). The van der Waals surface area contributed by atoms with Gasteiger partial charge in [0, 0.05) is 0 Å². The lowest BCUT2D eigenvalue weighted by Crippen LogP contribution is -1.92. The van der Waals surface area contributed by atoms with Crippen LogP contribution in [-0.2, 0) is 0 Å². The van der Waals surface area contributed by atoms with Gasteiger partial charge in [-0.2, -0.15) is 0 Å². The lowest BCUT2D eigenvalue weighted by molar-refractivity contribution is 0.530. The lowest BCUT2D eigenvalue weighted by Gasteiger charge is -2.04. The summed E-state index contributed by atoms with van der Waals surface area (Å²) in [5, 5.41) is 0. The van der Waals surface area contributed by atoms with Crippen LogP contribution < -0.4 is 0 Å². The van der Waals surface area contributed by atoms with Crippen molar-refractivity contribution in [2.45, 2.75) is 36.7 Å². The first-order chi connectivity index (χ1) is 4.36. The summed E-state index contributed by atoms with van der Waals surface area (Å²) in [6.45, 7) is 2.32. The fourth-order valence-corrected chi connectivity index (χ4v) is 4.44. The number of halogens is 1. The minimum Gasteiger partial charge on any atom is -0.306 e. The highest BCUT2D eigenvalue weighted by atomic mass is 79.9. The molecule has 0 amide bonds. The van der Waals surface area contributed by atoms with Crippen molar-refractivity contribution < 1.29 is 0 Å². The van der Waals surface area contributed by atoms with Crippen molar-refractivity contribution >= 4 is 31.1 Å². The molecule has 0 bridgehead atoms. The minimum absolute atomic E-state index is 0.162. The van der Waals surface area contributed by atoms with Gasteiger partial charge in [0.25, 0.3) is 0 Å². The van der Waals surface area contributed by atoms with Crippen molar-refractivity contribution in [2.24, 2.45) is 5.92 Å². The highest BCUT2D eigenvalue weighted by Crippen LogP contribution is 2.36. The van der Waals surface area contributed by atoms with Crippen molar-refractivity contribution in [2.75, 3.05) is 0 Å². The zero-order valence-electron chi connectivity index (χ0n) is 6.07. The Bertz CT molecular complexity index is 75.0. The van der Waals surface area contributed by atoms with E-state index in [4.69, 9.17) is 0 Å². The standard InChI is InChI=1S/C7H13.BrH.Mg/c1-2-7-5-3-4-6-7;;/h3,7H,2,4-6H2,1H3;1H;/q;;+1/p-1. The van der Waals surface area contributed by atoms with E-state index in [9.17, 15) is 0 Å². The lowest BCUT2D eigenvalue weighted by atomic mass is 10.1. The van der Waals surface area contributed by atoms with Gasteiger partial charge in [-0.3, -0.25) is 0 Å². The van der Waals surface area contributed by atoms with Crippen LogP contribution in [0.5, 0.6) is 0 Å². The molecule has 0 nitrogen and oxygen atoms in total. The van der Waals surface area contributed by atoms with Crippen LogP contribution in [0.4, 0.5) is 0 Å². The van der Waals surface area contributed by atoms with Gasteiger partial charge < -0.3 is 12.9 Å². The van der Waals surface area contributed by atoms with Gasteiger partial charge >= 0.3 is 18.2 Å². The highest BCUT2D eigenvalue weighted by molar-refractivity contribution is 9.23. The maximum absolute atomic E-state index is 3.67. The Morgan fingerprint density at radius 3 is 2.67 bits per heavy atom. The smallest absolute Gasteiger partial charge is 0.306 e. The largest absolute Gasteiger partial charge is 0.471 e. The third kappa shape index (κ3) is 2.39. The van der Waals surface area contributed by atoms with Gasteiger partial charge in [-0.1, -0.05) is 32.6 Å². The SMILES string of the molecule is CCC1CC[CH]([Mg][Br])C1. The molecule has 50 valence electrons. The Morgan fingerprint density at radius 2 is 2.33 bits per heavy atom. The molecular weight excluding hydrogens is 188 g/mol. The average molecular weight is 201 g/mol. The van der Waals surface area contributed by atoms with E-state index in [0.29, 0.717) is 0 Å². The second kappa shape index (κ2) is 4.19. The molecule has 0 radical (unpaired) electrons. The third-order valence-corrected chi connectivity index (χ3v) is 6.37. The molecule has 1 aliphatic carbocycles. The Kier molecular flexibility index (Phi) is 3.89. The maximum atomic E-state index is 3.67. The number of rotatable bonds is 2. The zero-order chi connectivity index (χ0) is 6.69. The molecular formula is C7H13BrMg. The van der Waals surface area contributed by atoms with Crippen LogP contribution in [0.1, 0.15) is 32.6 Å². The van der Waals surface area contributed by atoms with Gasteiger partial charge in [0.05, 0.1) is 0 Å². The van der Waals surface area contributed by atoms with E-state index in [1.165, 1.54) is 25.7 Å². The van der Waals surface area contributed by atoms with Crippen molar-refractivity contribution in [3.05, 3.63) is 0 Å². The second-order valence-electron chi connectivity index (χ2n) is 3.11. The molecule has 0 aromatic rings. The Hall–Kier alpha value is 1.25. The first-order valence-electron chi connectivity index (χ1n) is 3.92. The second-order valence-corrected chi connectivity index (χ2v) is 6.51. The van der Waals surface area contributed by atoms with Crippen molar-refractivity contribution in [3.63, 3.8) is 0 Å². The molecule has 0 heterocycles. The Morgan fingerprint density at radius 1 is 1.56 bits per heavy atom. The van der Waals surface area contributed by atoms with Gasteiger partial charge in [-0.05, 0) is 5.92 Å². The van der Waals surface area contributed by atoms with E-state index < -0.39 is 0 Å². The van der Waals surface area contributed by atoms with Gasteiger partial charge in [0.15, 0.2) is 0 Å².